The molecular formula is C17H32N2O4. The standard InChI is InChI=1S/C17H32N2O4/c1-7-9-10-18(8-2)13-11-14(15(20)22-6)19(12-13)16(21)23-17(3,4)5/h13-14H,7-12H2,1-6H3/t13-,14+/m1/s1. The molecule has 1 fully saturated rings. The summed E-state index contributed by atoms with van der Waals surface area (Å²) < 4.78 is 10.3. The number of likely N-dealkylation sites (N-methyl/N-ethyl adjacent to an activating group) is 1. The highest BCUT2D eigenvalue weighted by molar-refractivity contribution is 5.82. The van der Waals surface area contributed by atoms with Crippen LogP contribution < -0.4 is 0 Å². The van der Waals surface area contributed by atoms with Crippen LogP contribution in [0, 0.1) is 0 Å². The molecular weight excluding hydrogens is 296 g/mol. The van der Waals surface area contributed by atoms with Crippen LogP contribution in [0.25, 0.3) is 0 Å². The third-order valence-corrected chi connectivity index (χ3v) is 4.10. The third-order valence-electron chi connectivity index (χ3n) is 4.10. The topological polar surface area (TPSA) is 59.1 Å². The van der Waals surface area contributed by atoms with Crippen molar-refractivity contribution in [2.45, 2.75) is 71.6 Å². The number of esters is 1. The van der Waals surface area contributed by atoms with E-state index in [1.807, 2.05) is 20.8 Å². The number of nitrogens with zero attached hydrogens (tertiary/aromatic N) is 2. The molecule has 0 N–H and O–H groups in total. The maximum absolute atomic E-state index is 12.4. The lowest BCUT2D eigenvalue weighted by atomic mass is 10.1. The second-order valence-corrected chi connectivity index (χ2v) is 7.04. The molecule has 0 aromatic carbocycles. The van der Waals surface area contributed by atoms with E-state index in [0.29, 0.717) is 13.0 Å². The summed E-state index contributed by atoms with van der Waals surface area (Å²) in [6.45, 7) is 12.1. The molecule has 0 saturated carbocycles. The molecule has 0 aliphatic carbocycles. The second kappa shape index (κ2) is 8.52. The monoisotopic (exact) mass is 328 g/mol. The van der Waals surface area contributed by atoms with Crippen molar-refractivity contribution in [3.8, 4) is 0 Å². The van der Waals surface area contributed by atoms with Gasteiger partial charge in [-0.2, -0.15) is 0 Å². The van der Waals surface area contributed by atoms with E-state index >= 15 is 0 Å². The van der Waals surface area contributed by atoms with Crippen molar-refractivity contribution < 1.29 is 19.1 Å². The zero-order chi connectivity index (χ0) is 17.6. The van der Waals surface area contributed by atoms with Gasteiger partial charge in [-0.25, -0.2) is 9.59 Å². The fourth-order valence-corrected chi connectivity index (χ4v) is 2.92. The number of methoxy groups -OCH3 is 1. The van der Waals surface area contributed by atoms with E-state index in [2.05, 4.69) is 18.7 Å². The SMILES string of the molecule is CCCCN(CC)[C@@H]1C[C@@H](C(=O)OC)N(C(=O)OC(C)(C)C)C1. The maximum Gasteiger partial charge on any atom is 0.411 e. The molecule has 1 rings (SSSR count). The summed E-state index contributed by atoms with van der Waals surface area (Å²) in [5, 5.41) is 0. The van der Waals surface area contributed by atoms with Gasteiger partial charge in [0.25, 0.3) is 0 Å². The quantitative estimate of drug-likeness (QED) is 0.702. The van der Waals surface area contributed by atoms with Gasteiger partial charge in [0.2, 0.25) is 0 Å². The average molecular weight is 328 g/mol. The number of ether oxygens (including phenoxy) is 2. The van der Waals surface area contributed by atoms with E-state index in [1.54, 1.807) is 0 Å². The highest BCUT2D eigenvalue weighted by atomic mass is 16.6. The van der Waals surface area contributed by atoms with Crippen LogP contribution in [0.2, 0.25) is 0 Å². The van der Waals surface area contributed by atoms with Crippen LogP contribution in [-0.4, -0.2) is 66.3 Å². The zero-order valence-corrected chi connectivity index (χ0v) is 15.4. The number of rotatable bonds is 6. The van der Waals surface area contributed by atoms with E-state index < -0.39 is 17.7 Å². The van der Waals surface area contributed by atoms with Crippen LogP contribution in [0.1, 0.15) is 53.9 Å². The molecule has 1 aliphatic heterocycles. The molecule has 1 amide bonds. The van der Waals surface area contributed by atoms with Gasteiger partial charge in [0.05, 0.1) is 7.11 Å². The Morgan fingerprint density at radius 2 is 1.91 bits per heavy atom. The summed E-state index contributed by atoms with van der Waals surface area (Å²) in [7, 11) is 1.36. The van der Waals surface area contributed by atoms with Gasteiger partial charge >= 0.3 is 12.1 Å². The van der Waals surface area contributed by atoms with Crippen molar-refractivity contribution >= 4 is 12.1 Å². The largest absolute Gasteiger partial charge is 0.467 e. The molecule has 0 aromatic heterocycles. The van der Waals surface area contributed by atoms with Crippen LogP contribution in [0.4, 0.5) is 4.79 Å². The molecule has 1 saturated heterocycles. The Hall–Kier alpha value is -1.30. The summed E-state index contributed by atoms with van der Waals surface area (Å²) >= 11 is 0. The molecule has 23 heavy (non-hydrogen) atoms. The minimum absolute atomic E-state index is 0.170. The van der Waals surface area contributed by atoms with E-state index in [0.717, 1.165) is 25.9 Å². The third kappa shape index (κ3) is 5.68. The molecule has 0 spiro atoms. The number of amides is 1. The van der Waals surface area contributed by atoms with Gasteiger partial charge in [-0.15, -0.1) is 0 Å². The minimum atomic E-state index is -0.581. The first-order chi connectivity index (χ1) is 10.7. The van der Waals surface area contributed by atoms with Crippen molar-refractivity contribution in [1.29, 1.82) is 0 Å². The first-order valence-electron chi connectivity index (χ1n) is 8.55. The van der Waals surface area contributed by atoms with Gasteiger partial charge in [0, 0.05) is 12.6 Å². The Kier molecular flexibility index (Phi) is 7.32. The number of likely N-dealkylation sites (tertiary alicyclic amines) is 1. The molecule has 6 heteroatoms. The zero-order valence-electron chi connectivity index (χ0n) is 15.4. The average Bonchev–Trinajstić information content (AvgIpc) is 2.91. The molecule has 1 heterocycles. The van der Waals surface area contributed by atoms with Gasteiger partial charge in [-0.05, 0) is 46.7 Å². The van der Waals surface area contributed by atoms with Crippen molar-refractivity contribution in [2.24, 2.45) is 0 Å². The molecule has 0 aromatic rings. The first-order valence-corrected chi connectivity index (χ1v) is 8.55. The first kappa shape index (κ1) is 19.7. The Morgan fingerprint density at radius 3 is 2.39 bits per heavy atom. The van der Waals surface area contributed by atoms with Gasteiger partial charge in [-0.3, -0.25) is 9.80 Å². The van der Waals surface area contributed by atoms with Gasteiger partial charge in [0.15, 0.2) is 0 Å². The highest BCUT2D eigenvalue weighted by Gasteiger charge is 2.43. The number of carbonyl (C=O) groups excluding carboxylic acids is 2. The van der Waals surface area contributed by atoms with Crippen LogP contribution in [0.5, 0.6) is 0 Å². The Balaban J connectivity index is 2.85. The Labute approximate surface area is 140 Å². The number of hydrogen-bond donors (Lipinski definition) is 0. The molecule has 2 atom stereocenters. The summed E-state index contributed by atoms with van der Waals surface area (Å²) in [6.07, 6.45) is 2.39. The smallest absolute Gasteiger partial charge is 0.411 e. The molecule has 134 valence electrons. The van der Waals surface area contributed by atoms with Gasteiger partial charge < -0.3 is 9.47 Å². The number of unbranched alkanes of at least 4 members (excludes halogenated alkanes) is 1. The lowest BCUT2D eigenvalue weighted by molar-refractivity contribution is -0.145. The van der Waals surface area contributed by atoms with Crippen molar-refractivity contribution in [3.05, 3.63) is 0 Å². The van der Waals surface area contributed by atoms with Crippen LogP contribution >= 0.6 is 0 Å². The van der Waals surface area contributed by atoms with Gasteiger partial charge in [0.1, 0.15) is 11.6 Å². The lowest BCUT2D eigenvalue weighted by Crippen LogP contribution is -2.44. The fourth-order valence-electron chi connectivity index (χ4n) is 2.92. The second-order valence-electron chi connectivity index (χ2n) is 7.04. The van der Waals surface area contributed by atoms with Crippen molar-refractivity contribution in [1.82, 2.24) is 9.80 Å². The van der Waals surface area contributed by atoms with E-state index in [4.69, 9.17) is 9.47 Å². The molecule has 0 bridgehead atoms. The van der Waals surface area contributed by atoms with Gasteiger partial charge in [-0.1, -0.05) is 20.3 Å². The summed E-state index contributed by atoms with van der Waals surface area (Å²) in [6, 6.07) is -0.390. The predicted octanol–water partition coefficient (Wildman–Crippen LogP) is 2.66. The number of hydrogen-bond acceptors (Lipinski definition) is 5. The number of carbonyl (C=O) groups is 2. The van der Waals surface area contributed by atoms with E-state index in [9.17, 15) is 9.59 Å². The molecule has 0 unspecified atom stereocenters. The fraction of sp³-hybridized carbons (Fsp3) is 0.882. The lowest BCUT2D eigenvalue weighted by Gasteiger charge is -2.28. The normalized spacial score (nSPS) is 21.6. The Morgan fingerprint density at radius 1 is 1.26 bits per heavy atom. The summed E-state index contributed by atoms with van der Waals surface area (Å²) in [5.74, 6) is -0.370. The molecule has 1 aliphatic rings. The minimum Gasteiger partial charge on any atom is -0.467 e. The van der Waals surface area contributed by atoms with Crippen molar-refractivity contribution in [2.75, 3.05) is 26.7 Å². The molecule has 6 nitrogen and oxygen atoms in total. The predicted molar refractivity (Wildman–Crippen MR) is 89.3 cm³/mol. The highest BCUT2D eigenvalue weighted by Crippen LogP contribution is 2.25. The summed E-state index contributed by atoms with van der Waals surface area (Å²) in [5.41, 5.74) is -0.581. The molecule has 0 radical (unpaired) electrons. The van der Waals surface area contributed by atoms with Crippen LogP contribution in [0.3, 0.4) is 0 Å². The van der Waals surface area contributed by atoms with E-state index in [-0.39, 0.29) is 12.0 Å². The Bertz CT molecular complexity index is 406. The van der Waals surface area contributed by atoms with Crippen LogP contribution in [0.15, 0.2) is 0 Å². The van der Waals surface area contributed by atoms with Crippen LogP contribution in [-0.2, 0) is 14.3 Å². The maximum atomic E-state index is 12.4. The summed E-state index contributed by atoms with van der Waals surface area (Å²) in [4.78, 5) is 28.4. The van der Waals surface area contributed by atoms with E-state index in [1.165, 1.54) is 12.0 Å². The van der Waals surface area contributed by atoms with Crippen molar-refractivity contribution in [3.63, 3.8) is 0 Å².